The lowest BCUT2D eigenvalue weighted by Crippen LogP contribution is -2.45. The molecule has 114 valence electrons. The summed E-state index contributed by atoms with van der Waals surface area (Å²) in [5, 5.41) is 3.33. The number of nitrogens with one attached hydrogen (secondary N) is 1. The van der Waals surface area contributed by atoms with Crippen molar-refractivity contribution >= 4 is 23.5 Å². The third kappa shape index (κ3) is 4.44. The van der Waals surface area contributed by atoms with Crippen molar-refractivity contribution in [2.75, 3.05) is 20.3 Å². The molecule has 1 N–H and O–H groups in total. The van der Waals surface area contributed by atoms with Gasteiger partial charge in [-0.1, -0.05) is 23.7 Å². The molecule has 1 aromatic carbocycles. The van der Waals surface area contributed by atoms with Gasteiger partial charge in [-0.25, -0.2) is 4.79 Å². The Hall–Kier alpha value is -1.59. The number of rotatable bonds is 5. The quantitative estimate of drug-likeness (QED) is 0.839. The zero-order valence-electron chi connectivity index (χ0n) is 11.8. The summed E-state index contributed by atoms with van der Waals surface area (Å²) in [5.74, 6) is -0.844. The van der Waals surface area contributed by atoms with E-state index < -0.39 is 12.0 Å². The van der Waals surface area contributed by atoms with Crippen LogP contribution in [-0.4, -0.2) is 38.2 Å². The molecule has 5 nitrogen and oxygen atoms in total. The number of esters is 1. The van der Waals surface area contributed by atoms with Gasteiger partial charge in [-0.3, -0.25) is 4.79 Å². The zero-order chi connectivity index (χ0) is 15.2. The second kappa shape index (κ2) is 7.43. The number of carbonyl (C=O) groups excluding carboxylic acids is 2. The smallest absolute Gasteiger partial charge is 0.328 e. The van der Waals surface area contributed by atoms with E-state index in [1.165, 1.54) is 7.11 Å². The molecule has 0 aromatic heterocycles. The van der Waals surface area contributed by atoms with Gasteiger partial charge >= 0.3 is 5.97 Å². The Bertz CT molecular complexity index is 514. The summed E-state index contributed by atoms with van der Waals surface area (Å²) < 4.78 is 9.95. The Kier molecular flexibility index (Phi) is 5.59. The van der Waals surface area contributed by atoms with Crippen LogP contribution in [-0.2, 0) is 25.5 Å². The van der Waals surface area contributed by atoms with Gasteiger partial charge in [0.15, 0.2) is 0 Å². The minimum atomic E-state index is -0.721. The Morgan fingerprint density at radius 3 is 2.95 bits per heavy atom. The summed E-state index contributed by atoms with van der Waals surface area (Å²) in [7, 11) is 1.30. The summed E-state index contributed by atoms with van der Waals surface area (Å²) >= 11 is 5.93. The Labute approximate surface area is 128 Å². The van der Waals surface area contributed by atoms with Crippen LogP contribution in [0.25, 0.3) is 0 Å². The van der Waals surface area contributed by atoms with E-state index in [4.69, 9.17) is 21.1 Å². The largest absolute Gasteiger partial charge is 0.467 e. The number of carbonyl (C=O) groups is 2. The molecule has 1 aromatic rings. The molecule has 0 radical (unpaired) electrons. The van der Waals surface area contributed by atoms with Gasteiger partial charge in [0, 0.05) is 18.1 Å². The highest BCUT2D eigenvalue weighted by atomic mass is 35.5. The minimum absolute atomic E-state index is 0.176. The van der Waals surface area contributed by atoms with E-state index in [9.17, 15) is 9.59 Å². The molecule has 1 heterocycles. The molecule has 2 atom stereocenters. The lowest BCUT2D eigenvalue weighted by molar-refractivity contribution is -0.145. The van der Waals surface area contributed by atoms with E-state index in [0.717, 1.165) is 5.56 Å². The molecule has 1 aliphatic rings. The zero-order valence-corrected chi connectivity index (χ0v) is 12.6. The van der Waals surface area contributed by atoms with Crippen molar-refractivity contribution in [2.24, 2.45) is 5.92 Å². The van der Waals surface area contributed by atoms with Gasteiger partial charge in [-0.15, -0.1) is 0 Å². The van der Waals surface area contributed by atoms with Crippen molar-refractivity contribution in [3.63, 3.8) is 0 Å². The van der Waals surface area contributed by atoms with E-state index >= 15 is 0 Å². The Morgan fingerprint density at radius 1 is 1.52 bits per heavy atom. The molecule has 0 unspecified atom stereocenters. The molecule has 6 heteroatoms. The van der Waals surface area contributed by atoms with Gasteiger partial charge in [0.1, 0.15) is 6.04 Å². The SMILES string of the molecule is COC(=O)[C@@H](Cc1cccc(Cl)c1)NC(=O)[C@@H]1CCOC1. The van der Waals surface area contributed by atoms with Gasteiger partial charge < -0.3 is 14.8 Å². The molecule has 1 saturated heterocycles. The molecule has 0 bridgehead atoms. The highest BCUT2D eigenvalue weighted by molar-refractivity contribution is 6.30. The summed E-state index contributed by atoms with van der Waals surface area (Å²) in [6.07, 6.45) is 1.02. The number of benzene rings is 1. The fourth-order valence-electron chi connectivity index (χ4n) is 2.27. The minimum Gasteiger partial charge on any atom is -0.467 e. The lowest BCUT2D eigenvalue weighted by Gasteiger charge is -2.18. The van der Waals surface area contributed by atoms with Crippen molar-refractivity contribution < 1.29 is 19.1 Å². The van der Waals surface area contributed by atoms with E-state index in [1.54, 1.807) is 18.2 Å². The van der Waals surface area contributed by atoms with Crippen LogP contribution in [0.15, 0.2) is 24.3 Å². The van der Waals surface area contributed by atoms with Gasteiger partial charge in [-0.05, 0) is 24.1 Å². The maximum absolute atomic E-state index is 12.1. The normalized spacial score (nSPS) is 19.0. The predicted octanol–water partition coefficient (Wildman–Crippen LogP) is 1.58. The summed E-state index contributed by atoms with van der Waals surface area (Å²) in [6.45, 7) is 0.978. The lowest BCUT2D eigenvalue weighted by atomic mass is 10.0. The highest BCUT2D eigenvalue weighted by Crippen LogP contribution is 2.15. The number of hydrogen-bond acceptors (Lipinski definition) is 4. The molecule has 1 amide bonds. The maximum Gasteiger partial charge on any atom is 0.328 e. The molecular formula is C15H18ClNO4. The summed E-state index contributed by atoms with van der Waals surface area (Å²) in [6, 6.07) is 6.46. The van der Waals surface area contributed by atoms with Crippen molar-refractivity contribution in [3.05, 3.63) is 34.9 Å². The van der Waals surface area contributed by atoms with Crippen LogP contribution < -0.4 is 5.32 Å². The molecule has 0 aliphatic carbocycles. The van der Waals surface area contributed by atoms with Crippen molar-refractivity contribution in [2.45, 2.75) is 18.9 Å². The molecule has 21 heavy (non-hydrogen) atoms. The second-order valence-corrected chi connectivity index (χ2v) is 5.42. The van der Waals surface area contributed by atoms with Crippen LogP contribution in [0.1, 0.15) is 12.0 Å². The monoisotopic (exact) mass is 311 g/mol. The van der Waals surface area contributed by atoms with Crippen molar-refractivity contribution in [3.8, 4) is 0 Å². The van der Waals surface area contributed by atoms with Crippen LogP contribution in [0.2, 0.25) is 5.02 Å². The molecule has 0 spiro atoms. The van der Waals surface area contributed by atoms with Gasteiger partial charge in [0.05, 0.1) is 19.6 Å². The standard InChI is InChI=1S/C15H18ClNO4/c1-20-15(19)13(8-10-3-2-4-12(16)7-10)17-14(18)11-5-6-21-9-11/h2-4,7,11,13H,5-6,8-9H2,1H3,(H,17,18)/t11-,13-/m1/s1. The third-order valence-electron chi connectivity index (χ3n) is 3.43. The first-order valence-electron chi connectivity index (χ1n) is 6.80. The molecule has 1 aliphatic heterocycles. The number of ether oxygens (including phenoxy) is 2. The Balaban J connectivity index is 2.03. The van der Waals surface area contributed by atoms with Gasteiger partial charge in [0.2, 0.25) is 5.91 Å². The van der Waals surface area contributed by atoms with Crippen molar-refractivity contribution in [1.82, 2.24) is 5.32 Å². The second-order valence-electron chi connectivity index (χ2n) is 4.98. The highest BCUT2D eigenvalue weighted by Gasteiger charge is 2.28. The van der Waals surface area contributed by atoms with E-state index in [-0.39, 0.29) is 11.8 Å². The first kappa shape index (κ1) is 15.8. The van der Waals surface area contributed by atoms with Crippen molar-refractivity contribution in [1.29, 1.82) is 0 Å². The first-order valence-corrected chi connectivity index (χ1v) is 7.18. The van der Waals surface area contributed by atoms with E-state index in [0.29, 0.717) is 31.1 Å². The van der Waals surface area contributed by atoms with Gasteiger partial charge in [-0.2, -0.15) is 0 Å². The van der Waals surface area contributed by atoms with Crippen LogP contribution in [0, 0.1) is 5.92 Å². The maximum atomic E-state index is 12.1. The van der Waals surface area contributed by atoms with Gasteiger partial charge in [0.25, 0.3) is 0 Å². The number of hydrogen-bond donors (Lipinski definition) is 1. The number of methoxy groups -OCH3 is 1. The topological polar surface area (TPSA) is 64.6 Å². The van der Waals surface area contributed by atoms with Crippen LogP contribution >= 0.6 is 11.6 Å². The fourth-order valence-corrected chi connectivity index (χ4v) is 2.48. The van der Waals surface area contributed by atoms with E-state index in [2.05, 4.69) is 5.32 Å². The van der Waals surface area contributed by atoms with E-state index in [1.807, 2.05) is 6.07 Å². The molecule has 2 rings (SSSR count). The molecular weight excluding hydrogens is 294 g/mol. The first-order chi connectivity index (χ1) is 10.1. The number of amides is 1. The average Bonchev–Trinajstić information content (AvgIpc) is 3.00. The summed E-state index contributed by atoms with van der Waals surface area (Å²) in [4.78, 5) is 24.0. The molecule has 1 fully saturated rings. The third-order valence-corrected chi connectivity index (χ3v) is 3.67. The van der Waals surface area contributed by atoms with Crippen LogP contribution in [0.3, 0.4) is 0 Å². The predicted molar refractivity (Wildman–Crippen MR) is 78.0 cm³/mol. The number of halogens is 1. The van der Waals surface area contributed by atoms with Crippen LogP contribution in [0.5, 0.6) is 0 Å². The average molecular weight is 312 g/mol. The summed E-state index contributed by atoms with van der Waals surface area (Å²) in [5.41, 5.74) is 0.862. The fraction of sp³-hybridized carbons (Fsp3) is 0.467. The molecule has 0 saturated carbocycles. The Morgan fingerprint density at radius 2 is 2.33 bits per heavy atom. The van der Waals surface area contributed by atoms with Crippen LogP contribution in [0.4, 0.5) is 0 Å².